The molecule has 0 bridgehead atoms. The van der Waals surface area contributed by atoms with Crippen LogP contribution in [0.4, 0.5) is 14.9 Å². The van der Waals surface area contributed by atoms with Gasteiger partial charge >= 0.3 is 12.1 Å². The Morgan fingerprint density at radius 2 is 1.73 bits per heavy atom. The molecule has 0 radical (unpaired) electrons. The number of aromatic nitrogens is 1. The van der Waals surface area contributed by atoms with E-state index < -0.39 is 41.3 Å². The van der Waals surface area contributed by atoms with Crippen LogP contribution in [0, 0.1) is 5.82 Å². The van der Waals surface area contributed by atoms with Gasteiger partial charge in [-0.05, 0) is 39.7 Å². The molecule has 0 aliphatic carbocycles. The lowest BCUT2D eigenvalue weighted by atomic mass is 10.1. The molecule has 0 saturated carbocycles. The number of pyridine rings is 1. The molecule has 13 heteroatoms. The summed E-state index contributed by atoms with van der Waals surface area (Å²) < 4.78 is 26.8. The smallest absolute Gasteiger partial charge is 0.407 e. The molecule has 2 atom stereocenters. The van der Waals surface area contributed by atoms with Crippen LogP contribution < -0.4 is 10.2 Å². The van der Waals surface area contributed by atoms with Gasteiger partial charge in [-0.25, -0.2) is 14.2 Å². The highest BCUT2D eigenvalue weighted by molar-refractivity contribution is 5.97. The maximum Gasteiger partial charge on any atom is 0.407 e. The van der Waals surface area contributed by atoms with Crippen LogP contribution in [0.5, 0.6) is 0 Å². The monoisotopic (exact) mass is 613 g/mol. The van der Waals surface area contributed by atoms with E-state index in [0.717, 1.165) is 0 Å². The predicted octanol–water partition coefficient (Wildman–Crippen LogP) is 3.16. The average Bonchev–Trinajstić information content (AvgIpc) is 3.47. The fourth-order valence-corrected chi connectivity index (χ4v) is 5.27. The van der Waals surface area contributed by atoms with E-state index in [2.05, 4.69) is 10.3 Å². The van der Waals surface area contributed by atoms with Gasteiger partial charge in [0.05, 0.1) is 11.8 Å². The van der Waals surface area contributed by atoms with Gasteiger partial charge in [0.25, 0.3) is 5.91 Å². The molecule has 1 aromatic carbocycles. The molecule has 2 aliphatic rings. The molecule has 3 amide bonds. The van der Waals surface area contributed by atoms with E-state index in [4.69, 9.17) is 9.47 Å². The zero-order chi connectivity index (χ0) is 32.0. The number of amides is 3. The van der Waals surface area contributed by atoms with Gasteiger partial charge in [-0.2, -0.15) is 0 Å². The van der Waals surface area contributed by atoms with Crippen LogP contribution in [0.3, 0.4) is 0 Å². The molecule has 2 aromatic rings. The number of hydrogen-bond donors (Lipinski definition) is 2. The number of hydrogen-bond acceptors (Lipinski definition) is 8. The Balaban J connectivity index is 1.62. The molecule has 44 heavy (non-hydrogen) atoms. The lowest BCUT2D eigenvalue weighted by Gasteiger charge is -2.35. The van der Waals surface area contributed by atoms with E-state index in [1.54, 1.807) is 58.2 Å². The molecule has 2 N–H and O–H groups in total. The second-order valence-electron chi connectivity index (χ2n) is 11.9. The van der Waals surface area contributed by atoms with Crippen molar-refractivity contribution >= 4 is 29.6 Å². The molecule has 2 aliphatic heterocycles. The second-order valence-corrected chi connectivity index (χ2v) is 11.9. The molecular weight excluding hydrogens is 573 g/mol. The Hall–Kier alpha value is -4.26. The van der Waals surface area contributed by atoms with Gasteiger partial charge in [0.1, 0.15) is 23.0 Å². The number of carboxylic acid groups (broad SMARTS) is 1. The third kappa shape index (κ3) is 8.22. The Kier molecular flexibility index (Phi) is 10.4. The van der Waals surface area contributed by atoms with Crippen LogP contribution >= 0.6 is 0 Å². The Labute approximate surface area is 256 Å². The van der Waals surface area contributed by atoms with Gasteiger partial charge < -0.3 is 34.6 Å². The number of esters is 1. The maximum atomic E-state index is 15.9. The van der Waals surface area contributed by atoms with Gasteiger partial charge in [0.15, 0.2) is 5.82 Å². The van der Waals surface area contributed by atoms with Crippen molar-refractivity contribution in [3.05, 3.63) is 47.9 Å². The van der Waals surface area contributed by atoms with Crippen LogP contribution in [0.15, 0.2) is 36.4 Å². The number of nitrogens with one attached hydrogen (secondary N) is 1. The lowest BCUT2D eigenvalue weighted by molar-refractivity contribution is -0.155. The van der Waals surface area contributed by atoms with Crippen molar-refractivity contribution in [1.29, 1.82) is 0 Å². The molecule has 1 unspecified atom stereocenters. The average molecular weight is 614 g/mol. The minimum Gasteiger partial charge on any atom is -0.465 e. The normalized spacial score (nSPS) is 17.8. The van der Waals surface area contributed by atoms with Crippen molar-refractivity contribution in [2.45, 2.75) is 57.8 Å². The number of benzene rings is 1. The van der Waals surface area contributed by atoms with Crippen molar-refractivity contribution in [1.82, 2.24) is 20.1 Å². The Morgan fingerprint density at radius 1 is 1.07 bits per heavy atom. The Bertz CT molecular complexity index is 1360. The quantitative estimate of drug-likeness (QED) is 0.408. The minimum absolute atomic E-state index is 0.00413. The summed E-state index contributed by atoms with van der Waals surface area (Å²) in [6, 6.07) is 8.91. The Morgan fingerprint density at radius 3 is 2.32 bits per heavy atom. The molecular formula is C31H40FN5O7. The number of carbonyl (C=O) groups excluding carboxylic acids is 3. The summed E-state index contributed by atoms with van der Waals surface area (Å²) in [5.74, 6) is -2.27. The number of carbonyl (C=O) groups is 4. The molecule has 2 fully saturated rings. The molecule has 12 nitrogen and oxygen atoms in total. The van der Waals surface area contributed by atoms with Crippen molar-refractivity contribution in [3.8, 4) is 11.3 Å². The molecule has 0 spiro atoms. The molecule has 3 heterocycles. The summed E-state index contributed by atoms with van der Waals surface area (Å²) in [4.78, 5) is 60.1. The number of halogens is 1. The summed E-state index contributed by atoms with van der Waals surface area (Å²) in [5.41, 5.74) is -0.142. The second kappa shape index (κ2) is 14.0. The summed E-state index contributed by atoms with van der Waals surface area (Å²) in [5, 5.41) is 12.0. The third-order valence-electron chi connectivity index (χ3n) is 7.56. The topological polar surface area (TPSA) is 142 Å². The minimum atomic E-state index is -1.13. The molecule has 238 valence electrons. The fourth-order valence-electron chi connectivity index (χ4n) is 5.27. The van der Waals surface area contributed by atoms with Gasteiger partial charge in [-0.15, -0.1) is 0 Å². The predicted molar refractivity (Wildman–Crippen MR) is 160 cm³/mol. The zero-order valence-electron chi connectivity index (χ0n) is 25.5. The van der Waals surface area contributed by atoms with Crippen LogP contribution in [0.25, 0.3) is 11.3 Å². The SMILES string of the molecule is COC1CCN(c2cc(C(=O)N[C@@H](CCC(=O)OC(C)(C)C)C(=O)N3CCN(C(=O)O)CC3)nc(-c3ccccc3)c2F)C1. The summed E-state index contributed by atoms with van der Waals surface area (Å²) in [6.07, 6.45) is -0.672. The van der Waals surface area contributed by atoms with Crippen molar-refractivity contribution < 1.29 is 38.1 Å². The summed E-state index contributed by atoms with van der Waals surface area (Å²) in [6.45, 7) is 6.66. The standard InChI is InChI=1S/C31H40FN5O7/c1-31(2,3)44-25(38)11-10-22(29(40)35-14-16-36(17-15-35)30(41)42)34-28(39)23-18-24(37-13-12-21(19-37)43-4)26(32)27(33-23)20-8-6-5-7-9-20/h5-9,18,21-22H,10-17,19H2,1-4H3,(H,34,39)(H,41,42)/t21?,22-/m0/s1. The first-order valence-corrected chi connectivity index (χ1v) is 14.7. The van der Waals surface area contributed by atoms with Crippen molar-refractivity contribution in [2.24, 2.45) is 0 Å². The number of ether oxygens (including phenoxy) is 2. The van der Waals surface area contributed by atoms with Crippen LogP contribution in [0.2, 0.25) is 0 Å². The molecule has 2 saturated heterocycles. The molecule has 1 aromatic heterocycles. The van der Waals surface area contributed by atoms with E-state index in [9.17, 15) is 24.3 Å². The van der Waals surface area contributed by atoms with Crippen molar-refractivity contribution in [3.63, 3.8) is 0 Å². The van der Waals surface area contributed by atoms with Gasteiger partial charge in [-0.3, -0.25) is 14.4 Å². The molecule has 4 rings (SSSR count). The first kappa shape index (κ1) is 32.6. The number of rotatable bonds is 9. The highest BCUT2D eigenvalue weighted by Crippen LogP contribution is 2.32. The van der Waals surface area contributed by atoms with E-state index in [1.807, 2.05) is 4.90 Å². The zero-order valence-corrected chi connectivity index (χ0v) is 25.5. The number of anilines is 1. The van der Waals surface area contributed by atoms with Crippen LogP contribution in [-0.2, 0) is 19.1 Å². The summed E-state index contributed by atoms with van der Waals surface area (Å²) in [7, 11) is 1.60. The van der Waals surface area contributed by atoms with E-state index in [0.29, 0.717) is 25.1 Å². The first-order chi connectivity index (χ1) is 20.9. The fraction of sp³-hybridized carbons (Fsp3) is 0.516. The highest BCUT2D eigenvalue weighted by Gasteiger charge is 2.33. The summed E-state index contributed by atoms with van der Waals surface area (Å²) >= 11 is 0. The lowest BCUT2D eigenvalue weighted by Crippen LogP contribution is -2.55. The van der Waals surface area contributed by atoms with Crippen molar-refractivity contribution in [2.75, 3.05) is 51.3 Å². The third-order valence-corrected chi connectivity index (χ3v) is 7.56. The first-order valence-electron chi connectivity index (χ1n) is 14.7. The van der Waals surface area contributed by atoms with E-state index in [1.165, 1.54) is 15.9 Å². The largest absolute Gasteiger partial charge is 0.465 e. The maximum absolute atomic E-state index is 15.9. The highest BCUT2D eigenvalue weighted by atomic mass is 19.1. The van der Waals surface area contributed by atoms with Gasteiger partial charge in [-0.1, -0.05) is 30.3 Å². The van der Waals surface area contributed by atoms with Gasteiger partial charge in [0.2, 0.25) is 5.91 Å². The number of piperazine rings is 1. The number of methoxy groups -OCH3 is 1. The van der Waals surface area contributed by atoms with Crippen LogP contribution in [-0.4, -0.2) is 108 Å². The van der Waals surface area contributed by atoms with Crippen LogP contribution in [0.1, 0.15) is 50.5 Å². The van der Waals surface area contributed by atoms with E-state index >= 15 is 4.39 Å². The van der Waals surface area contributed by atoms with Gasteiger partial charge in [0, 0.05) is 58.4 Å². The number of nitrogens with zero attached hydrogens (tertiary/aromatic N) is 4. The van der Waals surface area contributed by atoms with E-state index in [-0.39, 0.29) is 62.2 Å².